The smallest absolute Gasteiger partial charge is 0.191 e. The molecule has 0 spiro atoms. The molecule has 2 N–H and O–H groups in total. The molecule has 0 aliphatic rings. The molecule has 0 radical (unpaired) electrons. The molecular formula is C21H38N4O2S. The fourth-order valence-corrected chi connectivity index (χ4v) is 3.70. The number of sulfone groups is 1. The van der Waals surface area contributed by atoms with Crippen molar-refractivity contribution in [3.05, 3.63) is 29.8 Å². The molecule has 0 fully saturated rings. The van der Waals surface area contributed by atoms with Gasteiger partial charge in [0.15, 0.2) is 5.96 Å². The van der Waals surface area contributed by atoms with Crippen molar-refractivity contribution in [1.29, 1.82) is 0 Å². The molecule has 0 bridgehead atoms. The van der Waals surface area contributed by atoms with Crippen LogP contribution in [0, 0.1) is 12.3 Å². The number of hydrogen-bond acceptors (Lipinski definition) is 4. The summed E-state index contributed by atoms with van der Waals surface area (Å²) in [6, 6.07) is 8.54. The summed E-state index contributed by atoms with van der Waals surface area (Å²) in [5.74, 6) is 0.969. The van der Waals surface area contributed by atoms with Gasteiger partial charge in [0.2, 0.25) is 0 Å². The van der Waals surface area contributed by atoms with E-state index in [-0.39, 0.29) is 11.2 Å². The second-order valence-electron chi connectivity index (χ2n) is 8.08. The standard InChI is InChI=1S/C21H38N4O2S/c1-7-22-20(24-17-21(4,5)12-15-28(6,26)27)23-13-14-25(8-2)19-11-9-10-18(3)16-19/h9-11,16H,7-8,12-15,17H2,1-6H3,(H2,22,23,24). The van der Waals surface area contributed by atoms with E-state index in [1.807, 2.05) is 6.92 Å². The maximum Gasteiger partial charge on any atom is 0.191 e. The number of rotatable bonds is 11. The highest BCUT2D eigenvalue weighted by molar-refractivity contribution is 7.90. The third-order valence-corrected chi connectivity index (χ3v) is 5.53. The Balaban J connectivity index is 2.62. The molecule has 0 atom stereocenters. The minimum absolute atomic E-state index is 0.164. The van der Waals surface area contributed by atoms with E-state index in [4.69, 9.17) is 0 Å². The molecule has 0 aromatic heterocycles. The topological polar surface area (TPSA) is 73.8 Å². The van der Waals surface area contributed by atoms with Crippen LogP contribution in [0.5, 0.6) is 0 Å². The fraction of sp³-hybridized carbons (Fsp3) is 0.667. The monoisotopic (exact) mass is 410 g/mol. The zero-order chi connectivity index (χ0) is 21.2. The second-order valence-corrected chi connectivity index (χ2v) is 10.3. The van der Waals surface area contributed by atoms with Gasteiger partial charge >= 0.3 is 0 Å². The van der Waals surface area contributed by atoms with Crippen LogP contribution in [0.1, 0.15) is 39.7 Å². The number of nitrogens with one attached hydrogen (secondary N) is 2. The number of nitrogens with zero attached hydrogens (tertiary/aromatic N) is 2. The minimum Gasteiger partial charge on any atom is -0.370 e. The normalized spacial score (nSPS) is 12.7. The Labute approximate surface area is 171 Å². The van der Waals surface area contributed by atoms with E-state index in [9.17, 15) is 8.42 Å². The molecule has 1 rings (SSSR count). The Morgan fingerprint density at radius 3 is 2.50 bits per heavy atom. The predicted molar refractivity (Wildman–Crippen MR) is 121 cm³/mol. The lowest BCUT2D eigenvalue weighted by molar-refractivity contribution is 0.365. The van der Waals surface area contributed by atoms with Gasteiger partial charge < -0.3 is 15.5 Å². The third kappa shape index (κ3) is 9.97. The van der Waals surface area contributed by atoms with E-state index in [1.54, 1.807) is 0 Å². The van der Waals surface area contributed by atoms with Gasteiger partial charge in [-0.1, -0.05) is 26.0 Å². The summed E-state index contributed by atoms with van der Waals surface area (Å²) in [6.45, 7) is 14.4. The highest BCUT2D eigenvalue weighted by atomic mass is 32.2. The SMILES string of the molecule is CCNC(=NCC(C)(C)CCS(C)(=O)=O)NCCN(CC)c1cccc(C)c1. The van der Waals surface area contributed by atoms with Crippen molar-refractivity contribution in [3.8, 4) is 0 Å². The predicted octanol–water partition coefficient (Wildman–Crippen LogP) is 2.84. The molecule has 1 aromatic rings. The Bertz CT molecular complexity index is 730. The van der Waals surface area contributed by atoms with Crippen LogP contribution < -0.4 is 15.5 Å². The van der Waals surface area contributed by atoms with E-state index in [0.717, 1.165) is 32.1 Å². The van der Waals surface area contributed by atoms with Crippen molar-refractivity contribution < 1.29 is 8.42 Å². The quantitative estimate of drug-likeness (QED) is 0.433. The molecule has 0 amide bonds. The Kier molecular flexibility index (Phi) is 9.79. The first-order chi connectivity index (χ1) is 13.1. The first kappa shape index (κ1) is 24.3. The highest BCUT2D eigenvalue weighted by Gasteiger charge is 2.20. The zero-order valence-corrected chi connectivity index (χ0v) is 19.2. The van der Waals surface area contributed by atoms with Gasteiger partial charge in [-0.05, 0) is 50.3 Å². The van der Waals surface area contributed by atoms with Crippen molar-refractivity contribution in [1.82, 2.24) is 10.6 Å². The van der Waals surface area contributed by atoms with Gasteiger partial charge in [-0.25, -0.2) is 8.42 Å². The molecule has 0 unspecified atom stereocenters. The van der Waals surface area contributed by atoms with Crippen LogP contribution in [0.15, 0.2) is 29.3 Å². The van der Waals surface area contributed by atoms with Gasteiger partial charge in [-0.15, -0.1) is 0 Å². The van der Waals surface area contributed by atoms with Crippen LogP contribution in [0.2, 0.25) is 0 Å². The Morgan fingerprint density at radius 1 is 1.21 bits per heavy atom. The van der Waals surface area contributed by atoms with Crippen molar-refractivity contribution >= 4 is 21.5 Å². The summed E-state index contributed by atoms with van der Waals surface area (Å²) in [5.41, 5.74) is 2.32. The van der Waals surface area contributed by atoms with Crippen LogP contribution in [0.4, 0.5) is 5.69 Å². The first-order valence-electron chi connectivity index (χ1n) is 10.1. The number of hydrogen-bond donors (Lipinski definition) is 2. The summed E-state index contributed by atoms with van der Waals surface area (Å²) in [4.78, 5) is 7.01. The van der Waals surface area contributed by atoms with Crippen LogP contribution >= 0.6 is 0 Å². The summed E-state index contributed by atoms with van der Waals surface area (Å²) >= 11 is 0. The summed E-state index contributed by atoms with van der Waals surface area (Å²) in [6.07, 6.45) is 1.89. The first-order valence-corrected chi connectivity index (χ1v) is 12.1. The molecule has 0 aliphatic heterocycles. The van der Waals surface area contributed by atoms with Gasteiger partial charge in [0.05, 0.1) is 5.75 Å². The van der Waals surface area contributed by atoms with Crippen LogP contribution in [0.25, 0.3) is 0 Å². The summed E-state index contributed by atoms with van der Waals surface area (Å²) in [5, 5.41) is 6.66. The Morgan fingerprint density at radius 2 is 1.93 bits per heavy atom. The average molecular weight is 411 g/mol. The molecule has 0 aliphatic carbocycles. The third-order valence-electron chi connectivity index (χ3n) is 4.58. The molecule has 0 heterocycles. The average Bonchev–Trinajstić information content (AvgIpc) is 2.61. The molecule has 160 valence electrons. The number of likely N-dealkylation sites (N-methyl/N-ethyl adjacent to an activating group) is 1. The second kappa shape index (κ2) is 11.3. The van der Waals surface area contributed by atoms with Crippen molar-refractivity contribution in [2.24, 2.45) is 10.4 Å². The van der Waals surface area contributed by atoms with Crippen LogP contribution in [0.3, 0.4) is 0 Å². The van der Waals surface area contributed by atoms with E-state index in [2.05, 4.69) is 72.5 Å². The van der Waals surface area contributed by atoms with Gasteiger partial charge in [0.25, 0.3) is 0 Å². The highest BCUT2D eigenvalue weighted by Crippen LogP contribution is 2.21. The minimum atomic E-state index is -2.95. The molecule has 28 heavy (non-hydrogen) atoms. The maximum atomic E-state index is 11.4. The fourth-order valence-electron chi connectivity index (χ4n) is 2.78. The van der Waals surface area contributed by atoms with Crippen LogP contribution in [-0.4, -0.2) is 59.1 Å². The molecule has 0 saturated heterocycles. The summed E-state index contributed by atoms with van der Waals surface area (Å²) < 4.78 is 22.9. The number of aliphatic imine (C=N–C) groups is 1. The molecule has 6 nitrogen and oxygen atoms in total. The number of guanidine groups is 1. The maximum absolute atomic E-state index is 11.4. The largest absolute Gasteiger partial charge is 0.370 e. The number of anilines is 1. The van der Waals surface area contributed by atoms with E-state index < -0.39 is 9.84 Å². The summed E-state index contributed by atoms with van der Waals surface area (Å²) in [7, 11) is -2.95. The lowest BCUT2D eigenvalue weighted by Crippen LogP contribution is -2.42. The van der Waals surface area contributed by atoms with E-state index in [0.29, 0.717) is 13.0 Å². The number of aryl methyl sites for hydroxylation is 1. The molecule has 1 aromatic carbocycles. The van der Waals surface area contributed by atoms with Gasteiger partial charge in [0.1, 0.15) is 9.84 Å². The van der Waals surface area contributed by atoms with Crippen LogP contribution in [-0.2, 0) is 9.84 Å². The van der Waals surface area contributed by atoms with E-state index in [1.165, 1.54) is 17.5 Å². The van der Waals surface area contributed by atoms with Gasteiger partial charge in [-0.3, -0.25) is 4.99 Å². The van der Waals surface area contributed by atoms with E-state index >= 15 is 0 Å². The zero-order valence-electron chi connectivity index (χ0n) is 18.4. The van der Waals surface area contributed by atoms with Crippen molar-refractivity contribution in [2.45, 2.75) is 41.0 Å². The number of benzene rings is 1. The molecular weight excluding hydrogens is 372 g/mol. The Hall–Kier alpha value is -1.76. The van der Waals surface area contributed by atoms with Crippen molar-refractivity contribution in [2.75, 3.05) is 49.6 Å². The molecule has 0 saturated carbocycles. The lowest BCUT2D eigenvalue weighted by Gasteiger charge is -2.25. The van der Waals surface area contributed by atoms with Gasteiger partial charge in [0, 0.05) is 44.7 Å². The van der Waals surface area contributed by atoms with Gasteiger partial charge in [-0.2, -0.15) is 0 Å². The lowest BCUT2D eigenvalue weighted by atomic mass is 9.90. The van der Waals surface area contributed by atoms with Crippen molar-refractivity contribution in [3.63, 3.8) is 0 Å². The molecule has 7 heteroatoms.